The molecule has 1 N–H and O–H groups in total. The summed E-state index contributed by atoms with van der Waals surface area (Å²) >= 11 is 0. The van der Waals surface area contributed by atoms with Crippen LogP contribution in [0.15, 0.2) is 0 Å². The first-order chi connectivity index (χ1) is 7.37. The minimum absolute atomic E-state index is 0.00111. The van der Waals surface area contributed by atoms with Crippen molar-refractivity contribution in [3.63, 3.8) is 0 Å². The summed E-state index contributed by atoms with van der Waals surface area (Å²) < 4.78 is 39.4. The van der Waals surface area contributed by atoms with Crippen molar-refractivity contribution < 1.29 is 27.5 Å². The molecule has 0 unspecified atom stereocenters. The first-order valence-corrected chi connectivity index (χ1v) is 4.56. The molecule has 5 nitrogen and oxygen atoms in total. The highest BCUT2D eigenvalue weighted by molar-refractivity contribution is 5.99. The predicted octanol–water partition coefficient (Wildman–Crippen LogP) is -0.476. The summed E-state index contributed by atoms with van der Waals surface area (Å²) in [6, 6.07) is 0. The number of amides is 2. The number of halogens is 3. The molecule has 2 amide bonds. The fourth-order valence-electron chi connectivity index (χ4n) is 1.24. The minimum atomic E-state index is -4.35. The number of nitrogens with zero attached hydrogens (tertiary/aromatic N) is 1. The molecule has 1 heterocycles. The molecule has 0 aromatic carbocycles. The molecular formula is C8H11F3N2O3. The maximum atomic E-state index is 11.7. The molecule has 1 saturated heterocycles. The van der Waals surface area contributed by atoms with Crippen molar-refractivity contribution in [2.24, 2.45) is 0 Å². The molecule has 1 rings (SSSR count). The van der Waals surface area contributed by atoms with Crippen molar-refractivity contribution in [2.45, 2.75) is 6.18 Å². The first-order valence-electron chi connectivity index (χ1n) is 4.56. The zero-order chi connectivity index (χ0) is 12.2. The summed E-state index contributed by atoms with van der Waals surface area (Å²) in [5.41, 5.74) is 0. The van der Waals surface area contributed by atoms with Gasteiger partial charge >= 0.3 is 6.18 Å². The van der Waals surface area contributed by atoms with E-state index in [0.717, 1.165) is 0 Å². The van der Waals surface area contributed by atoms with Gasteiger partial charge in [0.1, 0.15) is 6.61 Å². The van der Waals surface area contributed by atoms with E-state index >= 15 is 0 Å². The van der Waals surface area contributed by atoms with Crippen LogP contribution in [0.25, 0.3) is 0 Å². The largest absolute Gasteiger partial charge is 0.411 e. The number of alkyl halides is 3. The van der Waals surface area contributed by atoms with Gasteiger partial charge in [-0.1, -0.05) is 0 Å². The topological polar surface area (TPSA) is 58.6 Å². The molecule has 1 aliphatic heterocycles. The van der Waals surface area contributed by atoms with Crippen molar-refractivity contribution >= 4 is 11.8 Å². The van der Waals surface area contributed by atoms with Gasteiger partial charge < -0.3 is 4.74 Å². The van der Waals surface area contributed by atoms with Crippen LogP contribution in [-0.2, 0) is 14.3 Å². The van der Waals surface area contributed by atoms with Crippen LogP contribution in [-0.4, -0.2) is 55.7 Å². The number of imide groups is 1. The van der Waals surface area contributed by atoms with Crippen molar-refractivity contribution in [2.75, 3.05) is 32.8 Å². The minimum Gasteiger partial charge on any atom is -0.371 e. The third kappa shape index (κ3) is 5.08. The van der Waals surface area contributed by atoms with Crippen molar-refractivity contribution in [1.82, 2.24) is 10.2 Å². The summed E-state index contributed by atoms with van der Waals surface area (Å²) in [7, 11) is 0. The summed E-state index contributed by atoms with van der Waals surface area (Å²) in [6.45, 7) is -1.36. The van der Waals surface area contributed by atoms with Crippen LogP contribution < -0.4 is 5.32 Å². The van der Waals surface area contributed by atoms with Crippen LogP contribution in [0.2, 0.25) is 0 Å². The van der Waals surface area contributed by atoms with E-state index in [1.165, 1.54) is 4.90 Å². The zero-order valence-electron chi connectivity index (χ0n) is 8.34. The lowest BCUT2D eigenvalue weighted by molar-refractivity contribution is -0.175. The molecule has 0 saturated carbocycles. The molecule has 0 spiro atoms. The molecule has 0 aromatic rings. The number of hydrogen-bond donors (Lipinski definition) is 1. The van der Waals surface area contributed by atoms with E-state index in [0.29, 0.717) is 0 Å². The fraction of sp³-hybridized carbons (Fsp3) is 0.750. The highest BCUT2D eigenvalue weighted by atomic mass is 19.4. The fourth-order valence-corrected chi connectivity index (χ4v) is 1.24. The van der Waals surface area contributed by atoms with E-state index in [-0.39, 0.29) is 26.2 Å². The lowest BCUT2D eigenvalue weighted by Crippen LogP contribution is -2.52. The smallest absolute Gasteiger partial charge is 0.371 e. The Balaban J connectivity index is 2.18. The lowest BCUT2D eigenvalue weighted by atomic mass is 10.3. The van der Waals surface area contributed by atoms with Crippen molar-refractivity contribution in [3.8, 4) is 0 Å². The van der Waals surface area contributed by atoms with Crippen LogP contribution in [0.4, 0.5) is 13.2 Å². The summed E-state index contributed by atoms with van der Waals surface area (Å²) in [6.07, 6.45) is -4.35. The van der Waals surface area contributed by atoms with E-state index in [4.69, 9.17) is 0 Å². The Morgan fingerprint density at radius 2 is 1.81 bits per heavy atom. The summed E-state index contributed by atoms with van der Waals surface area (Å²) in [5.74, 6) is -0.904. The molecule has 1 fully saturated rings. The van der Waals surface area contributed by atoms with Crippen LogP contribution in [0.5, 0.6) is 0 Å². The van der Waals surface area contributed by atoms with Gasteiger partial charge in [0, 0.05) is 6.54 Å². The molecule has 0 radical (unpaired) electrons. The number of carbonyl (C=O) groups excluding carboxylic acids is 2. The Labute approximate surface area is 89.5 Å². The molecule has 0 aromatic heterocycles. The molecule has 8 heteroatoms. The van der Waals surface area contributed by atoms with E-state index in [1.807, 2.05) is 0 Å². The number of nitrogens with one attached hydrogen (secondary N) is 1. The number of piperazine rings is 1. The van der Waals surface area contributed by atoms with E-state index in [2.05, 4.69) is 10.1 Å². The van der Waals surface area contributed by atoms with Gasteiger partial charge in [0.25, 0.3) is 0 Å². The normalized spacial score (nSPS) is 18.7. The van der Waals surface area contributed by atoms with Gasteiger partial charge in [0.05, 0.1) is 19.7 Å². The van der Waals surface area contributed by atoms with Gasteiger partial charge in [0.15, 0.2) is 0 Å². The Kier molecular flexibility index (Phi) is 4.25. The Bertz CT molecular complexity index is 264. The third-order valence-electron chi connectivity index (χ3n) is 1.83. The first kappa shape index (κ1) is 12.9. The van der Waals surface area contributed by atoms with Gasteiger partial charge in [-0.15, -0.1) is 0 Å². The molecule has 1 aliphatic rings. The standard InChI is InChI=1S/C8H11F3N2O3/c9-8(10,11)5-16-2-1-13-3-6(14)12-7(15)4-13/h1-5H2,(H,12,14,15). The number of carbonyl (C=O) groups is 2. The monoisotopic (exact) mass is 240 g/mol. The van der Waals surface area contributed by atoms with Gasteiger partial charge in [-0.05, 0) is 0 Å². The second-order valence-electron chi connectivity index (χ2n) is 3.35. The van der Waals surface area contributed by atoms with Gasteiger partial charge in [-0.3, -0.25) is 19.8 Å². The van der Waals surface area contributed by atoms with E-state index in [1.54, 1.807) is 0 Å². The molecular weight excluding hydrogens is 229 g/mol. The molecule has 0 bridgehead atoms. The summed E-state index contributed by atoms with van der Waals surface area (Å²) in [5, 5.41) is 2.08. The Morgan fingerprint density at radius 1 is 1.25 bits per heavy atom. The maximum absolute atomic E-state index is 11.7. The summed E-state index contributed by atoms with van der Waals surface area (Å²) in [4.78, 5) is 23.2. The van der Waals surface area contributed by atoms with Crippen molar-refractivity contribution in [3.05, 3.63) is 0 Å². The van der Waals surface area contributed by atoms with Crippen LogP contribution in [0.1, 0.15) is 0 Å². The maximum Gasteiger partial charge on any atom is 0.411 e. The second kappa shape index (κ2) is 5.26. The quantitative estimate of drug-likeness (QED) is 0.533. The predicted molar refractivity (Wildman–Crippen MR) is 46.5 cm³/mol. The van der Waals surface area contributed by atoms with Gasteiger partial charge in [0.2, 0.25) is 11.8 Å². The average molecular weight is 240 g/mol. The molecule has 92 valence electrons. The van der Waals surface area contributed by atoms with E-state index < -0.39 is 24.6 Å². The SMILES string of the molecule is O=C1CN(CCOCC(F)(F)F)CC(=O)N1. The van der Waals surface area contributed by atoms with Crippen LogP contribution in [0, 0.1) is 0 Å². The molecule has 0 atom stereocenters. The van der Waals surface area contributed by atoms with Crippen LogP contribution in [0.3, 0.4) is 0 Å². The average Bonchev–Trinajstić information content (AvgIpc) is 2.09. The molecule has 0 aliphatic carbocycles. The van der Waals surface area contributed by atoms with E-state index in [9.17, 15) is 22.8 Å². The van der Waals surface area contributed by atoms with Gasteiger partial charge in [-0.2, -0.15) is 13.2 Å². The Morgan fingerprint density at radius 3 is 2.31 bits per heavy atom. The van der Waals surface area contributed by atoms with Crippen LogP contribution >= 0.6 is 0 Å². The lowest BCUT2D eigenvalue weighted by Gasteiger charge is -2.24. The number of ether oxygens (including phenoxy) is 1. The Hall–Kier alpha value is -1.15. The number of hydrogen-bond acceptors (Lipinski definition) is 4. The van der Waals surface area contributed by atoms with Gasteiger partial charge in [-0.25, -0.2) is 0 Å². The molecule has 16 heavy (non-hydrogen) atoms. The third-order valence-corrected chi connectivity index (χ3v) is 1.83. The van der Waals surface area contributed by atoms with Crippen molar-refractivity contribution in [1.29, 1.82) is 0 Å². The zero-order valence-corrected chi connectivity index (χ0v) is 8.34. The highest BCUT2D eigenvalue weighted by Gasteiger charge is 2.28. The number of rotatable bonds is 4. The highest BCUT2D eigenvalue weighted by Crippen LogP contribution is 2.14. The second-order valence-corrected chi connectivity index (χ2v) is 3.35.